The lowest BCUT2D eigenvalue weighted by Crippen LogP contribution is -1.85. The highest BCUT2D eigenvalue weighted by molar-refractivity contribution is 7.54. The molecule has 0 aliphatic carbocycles. The van der Waals surface area contributed by atoms with Crippen molar-refractivity contribution in [3.63, 3.8) is 0 Å². The number of non-ortho nitro benzene ring substituents is 1. The molecule has 0 saturated carbocycles. The Morgan fingerprint density at radius 1 is 1.33 bits per heavy atom. The van der Waals surface area contributed by atoms with Gasteiger partial charge in [0.25, 0.3) is 5.69 Å². The fraction of sp³-hybridized carbons (Fsp3) is 0. The first-order valence-electron chi connectivity index (χ1n) is 3.02. The van der Waals surface area contributed by atoms with Crippen molar-refractivity contribution in [2.75, 3.05) is 0 Å². The Kier molecular flexibility index (Phi) is 2.76. The minimum absolute atomic E-state index is 0.00323. The minimum atomic E-state index is -0.501. The summed E-state index contributed by atoms with van der Waals surface area (Å²) < 4.78 is 13.5. The molecule has 1 rings (SSSR count). The van der Waals surface area contributed by atoms with Crippen molar-refractivity contribution < 1.29 is 9.13 Å². The van der Waals surface area contributed by atoms with Crippen LogP contribution in [0.2, 0.25) is 0 Å². The molecule has 0 aromatic heterocycles. The van der Waals surface area contributed by atoms with E-state index < -0.39 is 4.92 Å². The zero-order chi connectivity index (χ0) is 8.97. The van der Waals surface area contributed by atoms with Gasteiger partial charge in [0.1, 0.15) is 0 Å². The average Bonchev–Trinajstić information content (AvgIpc) is 2.06. The summed E-state index contributed by atoms with van der Waals surface area (Å²) in [6.45, 7) is 0. The van der Waals surface area contributed by atoms with Crippen LogP contribution in [0.1, 0.15) is 0 Å². The molecule has 0 fully saturated rings. The van der Waals surface area contributed by atoms with Crippen molar-refractivity contribution >= 4 is 22.8 Å². The van der Waals surface area contributed by atoms with Crippen molar-refractivity contribution in [2.45, 2.75) is 0 Å². The molecule has 0 radical (unpaired) electrons. The third kappa shape index (κ3) is 2.03. The van der Waals surface area contributed by atoms with Crippen molar-refractivity contribution in [1.82, 2.24) is 0 Å². The number of hydrogen-bond acceptors (Lipinski definition) is 5. The molecular formula is C6H5N2O3S-. The van der Waals surface area contributed by atoms with Gasteiger partial charge in [0.05, 0.1) is 4.92 Å². The van der Waals surface area contributed by atoms with Gasteiger partial charge in [0.15, 0.2) is 0 Å². The second kappa shape index (κ2) is 3.82. The third-order valence-electron chi connectivity index (χ3n) is 1.22. The highest BCUT2D eigenvalue weighted by Crippen LogP contribution is 2.16. The Labute approximate surface area is 71.4 Å². The zero-order valence-corrected chi connectivity index (χ0v) is 6.77. The molecule has 5 nitrogen and oxygen atoms in total. The Hall–Kier alpha value is -1.43. The van der Waals surface area contributed by atoms with E-state index in [2.05, 4.69) is 4.36 Å². The summed E-state index contributed by atoms with van der Waals surface area (Å²) in [4.78, 5) is 9.68. The molecule has 0 amide bonds. The molecule has 0 bridgehead atoms. The van der Waals surface area contributed by atoms with Crippen molar-refractivity contribution in [1.29, 1.82) is 0 Å². The Morgan fingerprint density at radius 3 is 2.33 bits per heavy atom. The molecule has 0 spiro atoms. The smallest absolute Gasteiger partial charge is 0.269 e. The molecule has 12 heavy (non-hydrogen) atoms. The van der Waals surface area contributed by atoms with E-state index in [4.69, 9.17) is 0 Å². The SMILES string of the molecule is O=[SH-]=Nc1ccc([N+](=O)[O-])cc1. The largest absolute Gasteiger partial charge is 0.447 e. The lowest BCUT2D eigenvalue weighted by molar-refractivity contribution is -0.384. The molecule has 1 aromatic carbocycles. The zero-order valence-electron chi connectivity index (χ0n) is 5.88. The molecule has 0 atom stereocenters. The number of hydrogen-bond donors (Lipinski definition) is 0. The highest BCUT2D eigenvalue weighted by Gasteiger charge is 2.01. The van der Waals surface area contributed by atoms with Crippen LogP contribution in [0.25, 0.3) is 0 Å². The van der Waals surface area contributed by atoms with Crippen LogP contribution in [0.15, 0.2) is 28.6 Å². The normalized spacial score (nSPS) is 9.33. The highest BCUT2D eigenvalue weighted by atomic mass is 32.1. The molecular weight excluding hydrogens is 180 g/mol. The van der Waals surface area contributed by atoms with Crippen molar-refractivity contribution in [3.05, 3.63) is 34.4 Å². The van der Waals surface area contributed by atoms with Crippen molar-refractivity contribution in [3.8, 4) is 0 Å². The van der Waals surface area contributed by atoms with Gasteiger partial charge in [0, 0.05) is 17.8 Å². The molecule has 64 valence electrons. The van der Waals surface area contributed by atoms with Crippen LogP contribution in [-0.4, -0.2) is 4.92 Å². The molecule has 0 aliphatic rings. The summed E-state index contributed by atoms with van der Waals surface area (Å²) in [5.41, 5.74) is 0.453. The topological polar surface area (TPSA) is 72.6 Å². The lowest BCUT2D eigenvalue weighted by atomic mass is 10.3. The summed E-state index contributed by atoms with van der Waals surface area (Å²) in [5, 5.41) is 10.2. The Bertz CT molecular complexity index is 321. The van der Waals surface area contributed by atoms with E-state index in [9.17, 15) is 14.3 Å². The van der Waals surface area contributed by atoms with Crippen LogP contribution in [0.3, 0.4) is 0 Å². The first-order chi connectivity index (χ1) is 5.74. The van der Waals surface area contributed by atoms with E-state index in [1.165, 1.54) is 24.3 Å². The summed E-state index contributed by atoms with van der Waals surface area (Å²) in [7, 11) is 0. The van der Waals surface area contributed by atoms with Crippen LogP contribution >= 0.6 is 0 Å². The lowest BCUT2D eigenvalue weighted by Gasteiger charge is -1.93. The van der Waals surface area contributed by atoms with E-state index in [1.54, 1.807) is 0 Å². The Morgan fingerprint density at radius 2 is 1.92 bits per heavy atom. The third-order valence-corrected chi connectivity index (χ3v) is 1.53. The van der Waals surface area contributed by atoms with Gasteiger partial charge in [-0.15, -0.1) is 0 Å². The van der Waals surface area contributed by atoms with E-state index in [0.717, 1.165) is 0 Å². The van der Waals surface area contributed by atoms with Crippen LogP contribution < -0.4 is 0 Å². The van der Waals surface area contributed by atoms with Crippen molar-refractivity contribution in [2.24, 2.45) is 4.36 Å². The van der Waals surface area contributed by atoms with Gasteiger partial charge in [-0.3, -0.25) is 10.1 Å². The van der Waals surface area contributed by atoms with Crippen LogP contribution in [0, 0.1) is 10.1 Å². The van der Waals surface area contributed by atoms with Crippen LogP contribution in [0.5, 0.6) is 0 Å². The van der Waals surface area contributed by atoms with Gasteiger partial charge in [0.2, 0.25) is 0 Å². The predicted molar refractivity (Wildman–Crippen MR) is 44.6 cm³/mol. The average molecular weight is 185 g/mol. The number of rotatable bonds is 2. The van der Waals surface area contributed by atoms with Crippen LogP contribution in [0.4, 0.5) is 11.4 Å². The fourth-order valence-corrected chi connectivity index (χ4v) is 0.916. The monoisotopic (exact) mass is 185 g/mol. The quantitative estimate of drug-likeness (QED) is 0.304. The number of nitrogens with zero attached hydrogens (tertiary/aromatic N) is 2. The summed E-state index contributed by atoms with van der Waals surface area (Å²) in [5.74, 6) is 0. The van der Waals surface area contributed by atoms with E-state index in [-0.39, 0.29) is 17.2 Å². The number of thiol groups is 1. The first kappa shape index (κ1) is 8.66. The van der Waals surface area contributed by atoms with E-state index in [0.29, 0.717) is 5.69 Å². The maximum atomic E-state index is 10.2. The number of benzene rings is 1. The van der Waals surface area contributed by atoms with E-state index in [1.807, 2.05) is 0 Å². The predicted octanol–water partition coefficient (Wildman–Crippen LogP) is 1.57. The molecule has 0 saturated heterocycles. The van der Waals surface area contributed by atoms with Gasteiger partial charge in [-0.25, -0.2) is 0 Å². The molecule has 0 aliphatic heterocycles. The molecule has 6 heteroatoms. The fourth-order valence-electron chi connectivity index (χ4n) is 0.688. The molecule has 0 N–H and O–H groups in total. The maximum absolute atomic E-state index is 10.2. The Balaban J connectivity index is 3.00. The second-order valence-electron chi connectivity index (χ2n) is 1.96. The maximum Gasteiger partial charge on any atom is 0.269 e. The summed E-state index contributed by atoms with van der Waals surface area (Å²) >= 11 is -0.347. The number of nitro benzene ring substituents is 1. The summed E-state index contributed by atoms with van der Waals surface area (Å²) in [6.07, 6.45) is 0. The number of nitro groups is 1. The molecule has 1 aromatic rings. The standard InChI is InChI=1S/C6H5N2O3S/c9-8(10)6-3-1-5(2-4-6)7-12-11/h1-4,12H/q-1. The minimum Gasteiger partial charge on any atom is -0.447 e. The second-order valence-corrected chi connectivity index (χ2v) is 2.32. The van der Waals surface area contributed by atoms with Gasteiger partial charge in [-0.05, 0) is 12.1 Å². The summed E-state index contributed by atoms with van der Waals surface area (Å²) in [6, 6.07) is 5.49. The van der Waals surface area contributed by atoms with Gasteiger partial charge in [-0.1, -0.05) is 0 Å². The van der Waals surface area contributed by atoms with E-state index >= 15 is 0 Å². The first-order valence-corrected chi connectivity index (χ1v) is 3.78. The van der Waals surface area contributed by atoms with Crippen LogP contribution in [-0.2, 0) is 15.7 Å². The van der Waals surface area contributed by atoms with Gasteiger partial charge >= 0.3 is 0 Å². The molecule has 0 unspecified atom stereocenters. The molecule has 0 heterocycles. The van der Waals surface area contributed by atoms with Gasteiger partial charge < -0.3 is 8.57 Å². The van der Waals surface area contributed by atoms with Gasteiger partial charge in [-0.2, -0.15) is 11.5 Å².